The van der Waals surface area contributed by atoms with Crippen LogP contribution >= 0.6 is 11.8 Å². The van der Waals surface area contributed by atoms with E-state index in [9.17, 15) is 18.0 Å². The number of nitrogens with zero attached hydrogens (tertiary/aromatic N) is 2. The number of aromatic nitrogens is 2. The van der Waals surface area contributed by atoms with E-state index in [2.05, 4.69) is 10.4 Å². The zero-order valence-corrected chi connectivity index (χ0v) is 13.7. The van der Waals surface area contributed by atoms with Gasteiger partial charge in [-0.3, -0.25) is 4.79 Å². The van der Waals surface area contributed by atoms with Crippen LogP contribution in [-0.2, 0) is 11.3 Å². The van der Waals surface area contributed by atoms with Crippen LogP contribution in [0.3, 0.4) is 0 Å². The summed E-state index contributed by atoms with van der Waals surface area (Å²) in [4.78, 5) is 12.0. The van der Waals surface area contributed by atoms with E-state index in [4.69, 9.17) is 0 Å². The number of anilines is 1. The molecule has 0 aliphatic heterocycles. The molecule has 1 aromatic heterocycles. The molecule has 128 valence electrons. The molecule has 0 aliphatic carbocycles. The number of hydrogen-bond donors (Lipinski definition) is 1. The van der Waals surface area contributed by atoms with Gasteiger partial charge < -0.3 is 5.32 Å². The van der Waals surface area contributed by atoms with Gasteiger partial charge in [-0.05, 0) is 42.0 Å². The third-order valence-corrected chi connectivity index (χ3v) is 3.68. The molecule has 1 heterocycles. The van der Waals surface area contributed by atoms with E-state index in [0.29, 0.717) is 17.9 Å². The zero-order valence-electron chi connectivity index (χ0n) is 12.9. The van der Waals surface area contributed by atoms with Crippen molar-refractivity contribution in [3.63, 3.8) is 0 Å². The van der Waals surface area contributed by atoms with Crippen molar-refractivity contribution < 1.29 is 18.0 Å². The molecule has 0 aliphatic rings. The Morgan fingerprint density at radius 1 is 1.29 bits per heavy atom. The maximum Gasteiger partial charge on any atom is 0.446 e. The molecular weight excluding hydrogens is 339 g/mol. The Kier molecular flexibility index (Phi) is 6.08. The third kappa shape index (κ3) is 5.77. The van der Waals surface area contributed by atoms with Gasteiger partial charge in [0.25, 0.3) is 0 Å². The highest BCUT2D eigenvalue weighted by atomic mass is 32.2. The molecule has 1 N–H and O–H groups in total. The fraction of sp³-hybridized carbons (Fsp3) is 0.250. The first-order valence-electron chi connectivity index (χ1n) is 7.24. The fourth-order valence-corrected chi connectivity index (χ4v) is 2.49. The van der Waals surface area contributed by atoms with Crippen LogP contribution < -0.4 is 5.32 Å². The predicted octanol–water partition coefficient (Wildman–Crippen LogP) is 4.56. The van der Waals surface area contributed by atoms with Gasteiger partial charge in [0.15, 0.2) is 0 Å². The summed E-state index contributed by atoms with van der Waals surface area (Å²) in [5, 5.41) is 6.81. The number of hydrogen-bond acceptors (Lipinski definition) is 3. The second-order valence-electron chi connectivity index (χ2n) is 4.88. The summed E-state index contributed by atoms with van der Waals surface area (Å²) in [5.41, 5.74) is -3.67. The molecule has 0 radical (unpaired) electrons. The molecular formula is C16H16F3N3OS. The zero-order chi connectivity index (χ0) is 17.6. The van der Waals surface area contributed by atoms with Gasteiger partial charge in [0, 0.05) is 23.6 Å². The Labute approximate surface area is 141 Å². The van der Waals surface area contributed by atoms with Crippen LogP contribution in [0.2, 0.25) is 0 Å². The SMILES string of the molecule is CCCn1nccc1NC(=O)/C=C/c1ccc(SC(F)(F)F)cc1. The van der Waals surface area contributed by atoms with E-state index >= 15 is 0 Å². The number of alkyl halides is 3. The lowest BCUT2D eigenvalue weighted by molar-refractivity contribution is -0.111. The maximum atomic E-state index is 12.3. The van der Waals surface area contributed by atoms with Crippen molar-refractivity contribution in [1.29, 1.82) is 0 Å². The minimum Gasteiger partial charge on any atom is -0.307 e. The summed E-state index contributed by atoms with van der Waals surface area (Å²) in [6, 6.07) is 7.49. The van der Waals surface area contributed by atoms with Gasteiger partial charge in [0.2, 0.25) is 5.91 Å². The second kappa shape index (κ2) is 8.05. The molecule has 0 atom stereocenters. The molecule has 0 bridgehead atoms. The van der Waals surface area contributed by atoms with Gasteiger partial charge in [-0.1, -0.05) is 19.1 Å². The van der Waals surface area contributed by atoms with Crippen LogP contribution in [0, 0.1) is 0 Å². The molecule has 0 saturated carbocycles. The van der Waals surface area contributed by atoms with Gasteiger partial charge in [-0.15, -0.1) is 0 Å². The Hall–Kier alpha value is -2.22. The average Bonchev–Trinajstić information content (AvgIpc) is 2.92. The molecule has 0 spiro atoms. The molecule has 8 heteroatoms. The van der Waals surface area contributed by atoms with E-state index < -0.39 is 5.51 Å². The van der Waals surface area contributed by atoms with Crippen LogP contribution in [0.5, 0.6) is 0 Å². The van der Waals surface area contributed by atoms with E-state index in [1.54, 1.807) is 16.9 Å². The molecule has 0 unspecified atom stereocenters. The lowest BCUT2D eigenvalue weighted by Crippen LogP contribution is -2.13. The number of halogens is 3. The van der Waals surface area contributed by atoms with Crippen LogP contribution in [0.4, 0.5) is 19.0 Å². The first-order chi connectivity index (χ1) is 11.4. The molecule has 0 fully saturated rings. The lowest BCUT2D eigenvalue weighted by atomic mass is 10.2. The van der Waals surface area contributed by atoms with Gasteiger partial charge in [0.05, 0.1) is 6.20 Å². The van der Waals surface area contributed by atoms with Crippen LogP contribution in [0.1, 0.15) is 18.9 Å². The topological polar surface area (TPSA) is 46.9 Å². The predicted molar refractivity (Wildman–Crippen MR) is 88.5 cm³/mol. The molecule has 1 aromatic carbocycles. The standard InChI is InChI=1S/C16H16F3N3OS/c1-2-11-22-14(9-10-20-22)21-15(23)8-5-12-3-6-13(7-4-12)24-16(17,18)19/h3-10H,2,11H2,1H3,(H,21,23)/b8-5+. The van der Waals surface area contributed by atoms with Crippen molar-refractivity contribution in [2.24, 2.45) is 0 Å². The molecule has 2 rings (SSSR count). The van der Waals surface area contributed by atoms with E-state index in [1.807, 2.05) is 6.92 Å². The largest absolute Gasteiger partial charge is 0.446 e. The first-order valence-corrected chi connectivity index (χ1v) is 8.06. The van der Waals surface area contributed by atoms with Crippen molar-refractivity contribution in [3.8, 4) is 0 Å². The maximum absolute atomic E-state index is 12.3. The quantitative estimate of drug-likeness (QED) is 0.610. The molecule has 1 amide bonds. The highest BCUT2D eigenvalue weighted by molar-refractivity contribution is 8.00. The van der Waals surface area contributed by atoms with Crippen LogP contribution in [0.15, 0.2) is 47.5 Å². The molecule has 0 saturated heterocycles. The van der Waals surface area contributed by atoms with Crippen molar-refractivity contribution in [3.05, 3.63) is 48.2 Å². The average molecular weight is 355 g/mol. The Morgan fingerprint density at radius 2 is 2.00 bits per heavy atom. The van der Waals surface area contributed by atoms with Crippen molar-refractivity contribution in [2.45, 2.75) is 30.3 Å². The Morgan fingerprint density at radius 3 is 2.62 bits per heavy atom. The minimum absolute atomic E-state index is 0.104. The molecule has 2 aromatic rings. The number of carbonyl (C=O) groups excluding carboxylic acids is 1. The summed E-state index contributed by atoms with van der Waals surface area (Å²) in [6.45, 7) is 2.71. The highest BCUT2D eigenvalue weighted by Crippen LogP contribution is 2.36. The van der Waals surface area contributed by atoms with Gasteiger partial charge in [0.1, 0.15) is 5.82 Å². The first kappa shape index (κ1) is 18.1. The van der Waals surface area contributed by atoms with Crippen LogP contribution in [0.25, 0.3) is 6.08 Å². The van der Waals surface area contributed by atoms with Gasteiger partial charge in [-0.25, -0.2) is 4.68 Å². The monoisotopic (exact) mass is 355 g/mol. The number of nitrogens with one attached hydrogen (secondary N) is 1. The Bertz CT molecular complexity index is 708. The minimum atomic E-state index is -4.31. The summed E-state index contributed by atoms with van der Waals surface area (Å²) in [6.07, 6.45) is 5.36. The highest BCUT2D eigenvalue weighted by Gasteiger charge is 2.28. The van der Waals surface area contributed by atoms with Gasteiger partial charge >= 0.3 is 5.51 Å². The van der Waals surface area contributed by atoms with Crippen LogP contribution in [-0.4, -0.2) is 21.2 Å². The van der Waals surface area contributed by atoms with E-state index in [0.717, 1.165) is 6.42 Å². The second-order valence-corrected chi connectivity index (χ2v) is 6.02. The number of thioether (sulfide) groups is 1. The van der Waals surface area contributed by atoms with Crippen molar-refractivity contribution >= 4 is 29.6 Å². The number of amides is 1. The lowest BCUT2D eigenvalue weighted by Gasteiger charge is -2.06. The summed E-state index contributed by atoms with van der Waals surface area (Å²) >= 11 is -0.170. The van der Waals surface area contributed by atoms with Crippen molar-refractivity contribution in [2.75, 3.05) is 5.32 Å². The number of carbonyl (C=O) groups is 1. The normalized spacial score (nSPS) is 11.8. The van der Waals surface area contributed by atoms with E-state index in [1.165, 1.54) is 36.4 Å². The third-order valence-electron chi connectivity index (χ3n) is 2.94. The smallest absolute Gasteiger partial charge is 0.307 e. The van der Waals surface area contributed by atoms with Gasteiger partial charge in [-0.2, -0.15) is 18.3 Å². The fourth-order valence-electron chi connectivity index (χ4n) is 1.95. The van der Waals surface area contributed by atoms with E-state index in [-0.39, 0.29) is 22.6 Å². The van der Waals surface area contributed by atoms with Crippen molar-refractivity contribution in [1.82, 2.24) is 9.78 Å². The summed E-state index contributed by atoms with van der Waals surface area (Å²) in [5.74, 6) is 0.269. The number of rotatable bonds is 6. The Balaban J connectivity index is 1.95. The molecule has 24 heavy (non-hydrogen) atoms. The summed E-state index contributed by atoms with van der Waals surface area (Å²) < 4.78 is 38.4. The summed E-state index contributed by atoms with van der Waals surface area (Å²) in [7, 11) is 0. The molecule has 4 nitrogen and oxygen atoms in total. The number of benzene rings is 1. The number of aryl methyl sites for hydroxylation is 1.